The minimum Gasteiger partial charge on any atom is -0.478 e. The summed E-state index contributed by atoms with van der Waals surface area (Å²) in [6, 6.07) is 9.82. The largest absolute Gasteiger partial charge is 0.478 e. The number of fused-ring (bicyclic) bond motifs is 1. The van der Waals surface area contributed by atoms with Crippen LogP contribution in [0.25, 0.3) is 11.1 Å². The number of benzene rings is 2. The number of aromatic nitrogens is 1. The molecule has 7 nitrogen and oxygen atoms in total. The molecular formula is C17H13ClN2O5. The molecule has 128 valence electrons. The van der Waals surface area contributed by atoms with Gasteiger partial charge in [0.15, 0.2) is 5.58 Å². The molecule has 0 saturated carbocycles. The van der Waals surface area contributed by atoms with Gasteiger partial charge in [-0.05, 0) is 37.3 Å². The standard InChI is InChI=1S/C17H13ClN2O5/c1-9(20-13-4-2-3-5-14(13)25-17(20)24)15(21)19-12-8-10(16(22)23)6-7-11(12)18/h2-9H,1H3,(H,19,21)(H,22,23). The Morgan fingerprint density at radius 3 is 2.68 bits per heavy atom. The van der Waals surface area contributed by atoms with E-state index in [1.54, 1.807) is 24.3 Å². The van der Waals surface area contributed by atoms with Gasteiger partial charge in [-0.1, -0.05) is 23.7 Å². The van der Waals surface area contributed by atoms with Crippen LogP contribution in [0.3, 0.4) is 0 Å². The summed E-state index contributed by atoms with van der Waals surface area (Å²) in [5.41, 5.74) is 0.996. The van der Waals surface area contributed by atoms with Crippen LogP contribution >= 0.6 is 11.6 Å². The summed E-state index contributed by atoms with van der Waals surface area (Å²) in [7, 11) is 0. The van der Waals surface area contributed by atoms with Gasteiger partial charge in [0.1, 0.15) is 6.04 Å². The van der Waals surface area contributed by atoms with E-state index >= 15 is 0 Å². The molecule has 1 atom stereocenters. The Labute approximate surface area is 146 Å². The first-order chi connectivity index (χ1) is 11.9. The number of carboxylic acid groups (broad SMARTS) is 1. The highest BCUT2D eigenvalue weighted by molar-refractivity contribution is 6.33. The number of hydrogen-bond acceptors (Lipinski definition) is 4. The third kappa shape index (κ3) is 3.14. The van der Waals surface area contributed by atoms with Crippen LogP contribution in [0.5, 0.6) is 0 Å². The van der Waals surface area contributed by atoms with Crippen molar-refractivity contribution >= 4 is 40.3 Å². The normalized spacial score (nSPS) is 12.1. The van der Waals surface area contributed by atoms with Crippen molar-refractivity contribution in [3.05, 3.63) is 63.6 Å². The number of amides is 1. The van der Waals surface area contributed by atoms with Gasteiger partial charge in [-0.3, -0.25) is 9.36 Å². The second-order valence-electron chi connectivity index (χ2n) is 5.37. The van der Waals surface area contributed by atoms with Crippen molar-refractivity contribution in [2.45, 2.75) is 13.0 Å². The zero-order chi connectivity index (χ0) is 18.1. The number of aromatic carboxylic acids is 1. The van der Waals surface area contributed by atoms with E-state index in [-0.39, 0.29) is 16.3 Å². The molecule has 3 rings (SSSR count). The fourth-order valence-corrected chi connectivity index (χ4v) is 2.62. The van der Waals surface area contributed by atoms with Gasteiger partial charge < -0.3 is 14.8 Å². The molecular weight excluding hydrogens is 348 g/mol. The lowest BCUT2D eigenvalue weighted by Gasteiger charge is -2.14. The summed E-state index contributed by atoms with van der Waals surface area (Å²) >= 11 is 6.01. The molecule has 0 fully saturated rings. The zero-order valence-corrected chi connectivity index (χ0v) is 13.8. The lowest BCUT2D eigenvalue weighted by Crippen LogP contribution is -2.29. The van der Waals surface area contributed by atoms with Crippen molar-refractivity contribution in [2.75, 3.05) is 5.32 Å². The highest BCUT2D eigenvalue weighted by Crippen LogP contribution is 2.25. The molecule has 8 heteroatoms. The van der Waals surface area contributed by atoms with Crippen molar-refractivity contribution in [2.24, 2.45) is 0 Å². The molecule has 0 bridgehead atoms. The monoisotopic (exact) mass is 360 g/mol. The summed E-state index contributed by atoms with van der Waals surface area (Å²) in [6.07, 6.45) is 0. The van der Waals surface area contributed by atoms with E-state index in [1.165, 1.54) is 29.7 Å². The molecule has 1 heterocycles. The average molecular weight is 361 g/mol. The molecule has 1 unspecified atom stereocenters. The molecule has 0 aliphatic rings. The highest BCUT2D eigenvalue weighted by Gasteiger charge is 2.22. The number of carbonyl (C=O) groups excluding carboxylic acids is 1. The van der Waals surface area contributed by atoms with Crippen LogP contribution in [0, 0.1) is 0 Å². The Bertz CT molecular complexity index is 1040. The number of carboxylic acids is 1. The maximum Gasteiger partial charge on any atom is 0.420 e. The van der Waals surface area contributed by atoms with Crippen molar-refractivity contribution in [1.82, 2.24) is 4.57 Å². The minimum atomic E-state index is -1.14. The fraction of sp³-hybridized carbons (Fsp3) is 0.118. The molecule has 2 N–H and O–H groups in total. The number of nitrogens with zero attached hydrogens (tertiary/aromatic N) is 1. The molecule has 2 aromatic carbocycles. The van der Waals surface area contributed by atoms with Gasteiger partial charge in [-0.15, -0.1) is 0 Å². The minimum absolute atomic E-state index is 0.0155. The van der Waals surface area contributed by atoms with E-state index in [9.17, 15) is 14.4 Å². The summed E-state index contributed by atoms with van der Waals surface area (Å²) in [5.74, 6) is -2.33. The highest BCUT2D eigenvalue weighted by atomic mass is 35.5. The van der Waals surface area contributed by atoms with E-state index in [2.05, 4.69) is 5.32 Å². The number of carbonyl (C=O) groups is 2. The summed E-state index contributed by atoms with van der Waals surface area (Å²) in [6.45, 7) is 1.54. The Balaban J connectivity index is 1.93. The Morgan fingerprint density at radius 2 is 1.96 bits per heavy atom. The third-order valence-electron chi connectivity index (χ3n) is 3.76. The number of halogens is 1. The first-order valence-corrected chi connectivity index (χ1v) is 7.70. The molecule has 0 saturated heterocycles. The molecule has 0 aliphatic carbocycles. The van der Waals surface area contributed by atoms with Crippen LogP contribution in [-0.4, -0.2) is 21.6 Å². The number of para-hydroxylation sites is 2. The van der Waals surface area contributed by atoms with Gasteiger partial charge in [0.2, 0.25) is 5.91 Å². The number of rotatable bonds is 4. The zero-order valence-electron chi connectivity index (χ0n) is 13.0. The van der Waals surface area contributed by atoms with Gasteiger partial charge in [-0.25, -0.2) is 9.59 Å². The van der Waals surface area contributed by atoms with Gasteiger partial charge >= 0.3 is 11.7 Å². The Kier molecular flexibility index (Phi) is 4.33. The average Bonchev–Trinajstić information content (AvgIpc) is 2.91. The molecule has 25 heavy (non-hydrogen) atoms. The lowest BCUT2D eigenvalue weighted by atomic mass is 10.2. The molecule has 3 aromatic rings. The first-order valence-electron chi connectivity index (χ1n) is 7.32. The first kappa shape index (κ1) is 16.8. The van der Waals surface area contributed by atoms with Gasteiger partial charge in [0.05, 0.1) is 21.8 Å². The van der Waals surface area contributed by atoms with Gasteiger partial charge in [0.25, 0.3) is 0 Å². The number of oxazole rings is 1. The second-order valence-corrected chi connectivity index (χ2v) is 5.78. The van der Waals surface area contributed by atoms with E-state index in [0.717, 1.165) is 0 Å². The fourth-order valence-electron chi connectivity index (χ4n) is 2.46. The molecule has 0 spiro atoms. The number of nitrogens with one attached hydrogen (secondary N) is 1. The van der Waals surface area contributed by atoms with E-state index in [4.69, 9.17) is 21.1 Å². The number of hydrogen-bond donors (Lipinski definition) is 2. The van der Waals surface area contributed by atoms with Crippen LogP contribution in [0.1, 0.15) is 23.3 Å². The van der Waals surface area contributed by atoms with E-state index < -0.39 is 23.7 Å². The van der Waals surface area contributed by atoms with Crippen molar-refractivity contribution in [1.29, 1.82) is 0 Å². The maximum atomic E-state index is 12.5. The van der Waals surface area contributed by atoms with Crippen molar-refractivity contribution in [3.8, 4) is 0 Å². The SMILES string of the molecule is CC(C(=O)Nc1cc(C(=O)O)ccc1Cl)n1c(=O)oc2ccccc21. The molecule has 1 aromatic heterocycles. The van der Waals surface area contributed by atoms with Crippen LogP contribution in [-0.2, 0) is 4.79 Å². The predicted molar refractivity (Wildman–Crippen MR) is 92.2 cm³/mol. The predicted octanol–water partition coefficient (Wildman–Crippen LogP) is 3.15. The summed E-state index contributed by atoms with van der Waals surface area (Å²) in [5, 5.41) is 11.8. The Morgan fingerprint density at radius 1 is 1.24 bits per heavy atom. The summed E-state index contributed by atoms with van der Waals surface area (Å²) in [4.78, 5) is 35.6. The topological polar surface area (TPSA) is 102 Å². The molecule has 1 amide bonds. The Hall–Kier alpha value is -3.06. The maximum absolute atomic E-state index is 12.5. The van der Waals surface area contributed by atoms with Crippen LogP contribution in [0.4, 0.5) is 5.69 Å². The van der Waals surface area contributed by atoms with Gasteiger partial charge in [-0.2, -0.15) is 0 Å². The van der Waals surface area contributed by atoms with Crippen LogP contribution in [0.2, 0.25) is 5.02 Å². The van der Waals surface area contributed by atoms with Crippen LogP contribution in [0.15, 0.2) is 51.7 Å². The smallest absolute Gasteiger partial charge is 0.420 e. The van der Waals surface area contributed by atoms with Crippen molar-refractivity contribution < 1.29 is 19.1 Å². The van der Waals surface area contributed by atoms with E-state index in [0.29, 0.717) is 11.1 Å². The number of anilines is 1. The summed E-state index contributed by atoms with van der Waals surface area (Å²) < 4.78 is 6.34. The lowest BCUT2D eigenvalue weighted by molar-refractivity contribution is -0.118. The quantitative estimate of drug-likeness (QED) is 0.744. The van der Waals surface area contributed by atoms with Crippen LogP contribution < -0.4 is 11.1 Å². The van der Waals surface area contributed by atoms with E-state index in [1.807, 2.05) is 0 Å². The molecule has 0 aliphatic heterocycles. The third-order valence-corrected chi connectivity index (χ3v) is 4.09. The van der Waals surface area contributed by atoms with Crippen molar-refractivity contribution in [3.63, 3.8) is 0 Å². The molecule has 0 radical (unpaired) electrons. The van der Waals surface area contributed by atoms with Gasteiger partial charge in [0, 0.05) is 0 Å². The second kappa shape index (κ2) is 6.45.